The lowest BCUT2D eigenvalue weighted by Gasteiger charge is -2.23. The Morgan fingerprint density at radius 3 is 2.58 bits per heavy atom. The topological polar surface area (TPSA) is 74.2 Å². The maximum atomic E-state index is 6.26. The highest BCUT2D eigenvalue weighted by Crippen LogP contribution is 2.21. The summed E-state index contributed by atoms with van der Waals surface area (Å²) in [6.07, 6.45) is 2.26. The molecule has 0 aliphatic heterocycles. The summed E-state index contributed by atoms with van der Waals surface area (Å²) in [4.78, 5) is 3.98. The van der Waals surface area contributed by atoms with Crippen LogP contribution in [-0.2, 0) is 11.2 Å². The molecule has 100 valence electrons. The van der Waals surface area contributed by atoms with E-state index in [1.54, 1.807) is 13.3 Å². The second-order valence-electron chi connectivity index (χ2n) is 4.52. The molecule has 0 aliphatic rings. The molecule has 0 saturated carbocycles. The molecule has 1 heterocycles. The van der Waals surface area contributed by atoms with Crippen molar-refractivity contribution in [1.29, 1.82) is 0 Å². The maximum Gasteiger partial charge on any atom is 0.123 e. The molecule has 4 N–H and O–H groups in total. The maximum absolute atomic E-state index is 6.26. The van der Waals surface area contributed by atoms with Crippen molar-refractivity contribution in [3.8, 4) is 0 Å². The summed E-state index contributed by atoms with van der Waals surface area (Å²) in [6, 6.07) is 13.6. The lowest BCUT2D eigenvalue weighted by Crippen LogP contribution is -2.31. The minimum absolute atomic E-state index is 0.129. The molecule has 0 bridgehead atoms. The van der Waals surface area contributed by atoms with Gasteiger partial charge in [0.2, 0.25) is 0 Å². The lowest BCUT2D eigenvalue weighted by atomic mass is 9.97. The van der Waals surface area contributed by atoms with Crippen molar-refractivity contribution in [2.75, 3.05) is 12.8 Å². The molecule has 0 spiro atoms. The Hall–Kier alpha value is -1.91. The molecule has 0 amide bonds. The smallest absolute Gasteiger partial charge is 0.123 e. The standard InChI is InChI=1S/C15H19N3O/c1-19-15(12-5-3-2-4-6-12)13(16)9-11-7-8-18-14(17)10-11/h2-8,10,13,15H,9,16H2,1H3,(H2,17,18). The van der Waals surface area contributed by atoms with Crippen molar-refractivity contribution < 1.29 is 4.74 Å². The van der Waals surface area contributed by atoms with Crippen LogP contribution < -0.4 is 11.5 Å². The van der Waals surface area contributed by atoms with Gasteiger partial charge in [-0.3, -0.25) is 0 Å². The third-order valence-electron chi connectivity index (χ3n) is 3.09. The van der Waals surface area contributed by atoms with Gasteiger partial charge in [0.05, 0.1) is 6.10 Å². The molecule has 2 rings (SSSR count). The zero-order valence-electron chi connectivity index (χ0n) is 11.0. The number of nitrogens with two attached hydrogens (primary N) is 2. The van der Waals surface area contributed by atoms with Gasteiger partial charge in [0.15, 0.2) is 0 Å². The highest BCUT2D eigenvalue weighted by Gasteiger charge is 2.19. The van der Waals surface area contributed by atoms with Gasteiger partial charge >= 0.3 is 0 Å². The normalized spacial score (nSPS) is 14.0. The van der Waals surface area contributed by atoms with Crippen LogP contribution in [0.15, 0.2) is 48.7 Å². The predicted molar refractivity (Wildman–Crippen MR) is 76.5 cm³/mol. The molecule has 1 aromatic carbocycles. The Balaban J connectivity index is 2.11. The van der Waals surface area contributed by atoms with E-state index in [0.29, 0.717) is 12.2 Å². The molecular weight excluding hydrogens is 238 g/mol. The number of hydrogen-bond acceptors (Lipinski definition) is 4. The van der Waals surface area contributed by atoms with Crippen molar-refractivity contribution in [3.63, 3.8) is 0 Å². The number of hydrogen-bond donors (Lipinski definition) is 2. The van der Waals surface area contributed by atoms with Crippen LogP contribution in [0.3, 0.4) is 0 Å². The van der Waals surface area contributed by atoms with E-state index in [-0.39, 0.29) is 12.1 Å². The highest BCUT2D eigenvalue weighted by molar-refractivity contribution is 5.32. The van der Waals surface area contributed by atoms with Crippen molar-refractivity contribution >= 4 is 5.82 Å². The zero-order chi connectivity index (χ0) is 13.7. The van der Waals surface area contributed by atoms with Crippen LogP contribution in [0.4, 0.5) is 5.82 Å². The van der Waals surface area contributed by atoms with Gasteiger partial charge in [-0.1, -0.05) is 30.3 Å². The third kappa shape index (κ3) is 3.53. The fourth-order valence-electron chi connectivity index (χ4n) is 2.20. The minimum atomic E-state index is -0.130. The first-order valence-electron chi connectivity index (χ1n) is 6.24. The SMILES string of the molecule is COC(c1ccccc1)C(N)Cc1ccnc(N)c1. The minimum Gasteiger partial charge on any atom is -0.384 e. The van der Waals surface area contributed by atoms with E-state index in [2.05, 4.69) is 4.98 Å². The number of methoxy groups -OCH3 is 1. The first-order valence-corrected chi connectivity index (χ1v) is 6.24. The van der Waals surface area contributed by atoms with Crippen LogP contribution in [0.2, 0.25) is 0 Å². The Kier molecular flexibility index (Phi) is 4.49. The summed E-state index contributed by atoms with van der Waals surface area (Å²) in [5, 5.41) is 0. The van der Waals surface area contributed by atoms with Crippen molar-refractivity contribution in [1.82, 2.24) is 4.98 Å². The van der Waals surface area contributed by atoms with Gasteiger partial charge in [0, 0.05) is 19.3 Å². The van der Waals surface area contributed by atoms with Gasteiger partial charge in [-0.05, 0) is 29.7 Å². The Morgan fingerprint density at radius 1 is 1.21 bits per heavy atom. The molecule has 0 aliphatic carbocycles. The van der Waals surface area contributed by atoms with Crippen LogP contribution >= 0.6 is 0 Å². The summed E-state index contributed by atoms with van der Waals surface area (Å²) in [5.41, 5.74) is 14.1. The van der Waals surface area contributed by atoms with Crippen LogP contribution in [-0.4, -0.2) is 18.1 Å². The van der Waals surface area contributed by atoms with E-state index in [4.69, 9.17) is 16.2 Å². The number of aromatic nitrogens is 1. The zero-order valence-corrected chi connectivity index (χ0v) is 11.0. The van der Waals surface area contributed by atoms with Gasteiger partial charge < -0.3 is 16.2 Å². The molecule has 0 saturated heterocycles. The van der Waals surface area contributed by atoms with Crippen molar-refractivity contribution in [2.45, 2.75) is 18.6 Å². The molecule has 2 atom stereocenters. The molecule has 1 aromatic heterocycles. The average molecular weight is 257 g/mol. The predicted octanol–water partition coefficient (Wildman–Crippen LogP) is 1.92. The number of benzene rings is 1. The molecular formula is C15H19N3O. The van der Waals surface area contributed by atoms with E-state index in [9.17, 15) is 0 Å². The number of ether oxygens (including phenoxy) is 1. The van der Waals surface area contributed by atoms with Gasteiger partial charge in [-0.2, -0.15) is 0 Å². The fourth-order valence-corrected chi connectivity index (χ4v) is 2.20. The van der Waals surface area contributed by atoms with Crippen LogP contribution in [0.1, 0.15) is 17.2 Å². The number of rotatable bonds is 5. The highest BCUT2D eigenvalue weighted by atomic mass is 16.5. The van der Waals surface area contributed by atoms with Crippen LogP contribution in [0.5, 0.6) is 0 Å². The first kappa shape index (κ1) is 13.5. The number of anilines is 1. The largest absolute Gasteiger partial charge is 0.384 e. The van der Waals surface area contributed by atoms with E-state index in [0.717, 1.165) is 11.1 Å². The molecule has 4 nitrogen and oxygen atoms in total. The van der Waals surface area contributed by atoms with Crippen molar-refractivity contribution in [2.24, 2.45) is 5.73 Å². The van der Waals surface area contributed by atoms with Gasteiger partial charge in [-0.25, -0.2) is 4.98 Å². The summed E-state index contributed by atoms with van der Waals surface area (Å²) in [5.74, 6) is 0.512. The lowest BCUT2D eigenvalue weighted by molar-refractivity contribution is 0.0803. The second-order valence-corrected chi connectivity index (χ2v) is 4.52. The fraction of sp³-hybridized carbons (Fsp3) is 0.267. The summed E-state index contributed by atoms with van der Waals surface area (Å²) in [6.45, 7) is 0. The van der Waals surface area contributed by atoms with Gasteiger partial charge in [0.1, 0.15) is 5.82 Å². The number of nitrogen functional groups attached to an aromatic ring is 1. The van der Waals surface area contributed by atoms with E-state index < -0.39 is 0 Å². The second kappa shape index (κ2) is 6.31. The Labute approximate surface area is 113 Å². The van der Waals surface area contributed by atoms with Gasteiger partial charge in [0.25, 0.3) is 0 Å². The van der Waals surface area contributed by atoms with E-state index in [1.165, 1.54) is 0 Å². The average Bonchev–Trinajstić information content (AvgIpc) is 2.41. The quantitative estimate of drug-likeness (QED) is 0.858. The monoisotopic (exact) mass is 257 g/mol. The first-order chi connectivity index (χ1) is 9.20. The molecule has 2 unspecified atom stereocenters. The molecule has 0 radical (unpaired) electrons. The van der Waals surface area contributed by atoms with Crippen molar-refractivity contribution in [3.05, 3.63) is 59.8 Å². The van der Waals surface area contributed by atoms with Crippen LogP contribution in [0.25, 0.3) is 0 Å². The summed E-state index contributed by atoms with van der Waals surface area (Å²) in [7, 11) is 1.68. The number of pyridine rings is 1. The van der Waals surface area contributed by atoms with E-state index >= 15 is 0 Å². The Morgan fingerprint density at radius 2 is 1.95 bits per heavy atom. The van der Waals surface area contributed by atoms with E-state index in [1.807, 2.05) is 42.5 Å². The molecule has 0 fully saturated rings. The van der Waals surface area contributed by atoms with Gasteiger partial charge in [-0.15, -0.1) is 0 Å². The van der Waals surface area contributed by atoms with Crippen LogP contribution in [0, 0.1) is 0 Å². The molecule has 2 aromatic rings. The molecule has 19 heavy (non-hydrogen) atoms. The third-order valence-corrected chi connectivity index (χ3v) is 3.09. The molecule has 4 heteroatoms. The Bertz CT molecular complexity index is 516. The summed E-state index contributed by atoms with van der Waals surface area (Å²) >= 11 is 0. The summed E-state index contributed by atoms with van der Waals surface area (Å²) < 4.78 is 5.53. The number of nitrogens with zero attached hydrogens (tertiary/aromatic N) is 1.